The zero-order valence-electron chi connectivity index (χ0n) is 8.69. The summed E-state index contributed by atoms with van der Waals surface area (Å²) in [4.78, 5) is 8.05. The monoisotopic (exact) mass is 230 g/mol. The largest absolute Gasteiger partial charge is 0.369 e. The van der Waals surface area contributed by atoms with Crippen LogP contribution in [0.5, 0.6) is 0 Å². The van der Waals surface area contributed by atoms with Crippen molar-refractivity contribution >= 4 is 15.8 Å². The van der Waals surface area contributed by atoms with Crippen molar-refractivity contribution in [2.24, 2.45) is 0 Å². The smallest absolute Gasteiger partial charge is 0.208 e. The molecule has 0 amide bonds. The number of nitrogens with one attached hydrogen (secondary N) is 2. The Morgan fingerprint density at radius 1 is 1.40 bits per heavy atom. The van der Waals surface area contributed by atoms with E-state index in [0.717, 1.165) is 6.26 Å². The average molecular weight is 230 g/mol. The van der Waals surface area contributed by atoms with E-state index < -0.39 is 10.0 Å². The second kappa shape index (κ2) is 5.04. The Morgan fingerprint density at radius 3 is 2.73 bits per heavy atom. The SMILES string of the molecule is Cc1nccc(NCCNS(C)(=O)=O)n1. The standard InChI is InChI=1S/C8H14N4O2S/c1-7-9-4-3-8(12-7)10-5-6-11-15(2,13)14/h3-4,11H,5-6H2,1-2H3,(H,9,10,12). The van der Waals surface area contributed by atoms with Crippen LogP contribution in [0.4, 0.5) is 5.82 Å². The average Bonchev–Trinajstić information content (AvgIpc) is 2.11. The fraction of sp³-hybridized carbons (Fsp3) is 0.500. The van der Waals surface area contributed by atoms with Gasteiger partial charge in [-0.1, -0.05) is 0 Å². The summed E-state index contributed by atoms with van der Waals surface area (Å²) in [5.74, 6) is 1.37. The predicted octanol–water partition coefficient (Wildman–Crippen LogP) is -0.254. The van der Waals surface area contributed by atoms with Crippen molar-refractivity contribution in [3.8, 4) is 0 Å². The van der Waals surface area contributed by atoms with E-state index in [2.05, 4.69) is 20.0 Å². The number of hydrogen-bond acceptors (Lipinski definition) is 5. The Bertz CT molecular complexity index is 418. The van der Waals surface area contributed by atoms with Gasteiger partial charge in [-0.05, 0) is 13.0 Å². The minimum absolute atomic E-state index is 0.335. The fourth-order valence-electron chi connectivity index (χ4n) is 0.982. The van der Waals surface area contributed by atoms with E-state index in [4.69, 9.17) is 0 Å². The molecular weight excluding hydrogens is 216 g/mol. The van der Waals surface area contributed by atoms with Crippen LogP contribution in [0.2, 0.25) is 0 Å². The van der Waals surface area contributed by atoms with Gasteiger partial charge >= 0.3 is 0 Å². The third kappa shape index (κ3) is 5.28. The zero-order chi connectivity index (χ0) is 11.3. The van der Waals surface area contributed by atoms with Gasteiger partial charge in [0.1, 0.15) is 11.6 Å². The van der Waals surface area contributed by atoms with Crippen LogP contribution in [0.3, 0.4) is 0 Å². The Kier molecular flexibility index (Phi) is 3.98. The molecule has 0 bridgehead atoms. The predicted molar refractivity (Wildman–Crippen MR) is 58.1 cm³/mol. The number of nitrogens with zero attached hydrogens (tertiary/aromatic N) is 2. The molecule has 1 rings (SSSR count). The van der Waals surface area contributed by atoms with Crippen LogP contribution in [-0.2, 0) is 10.0 Å². The van der Waals surface area contributed by atoms with Crippen molar-refractivity contribution < 1.29 is 8.42 Å². The molecule has 0 unspecified atom stereocenters. The lowest BCUT2D eigenvalue weighted by atomic mass is 10.5. The normalized spacial score (nSPS) is 11.3. The Balaban J connectivity index is 2.32. The van der Waals surface area contributed by atoms with Gasteiger partial charge in [-0.15, -0.1) is 0 Å². The molecule has 1 aromatic heterocycles. The third-order valence-corrected chi connectivity index (χ3v) is 2.30. The van der Waals surface area contributed by atoms with Gasteiger partial charge in [0.15, 0.2) is 0 Å². The van der Waals surface area contributed by atoms with Crippen LogP contribution in [0, 0.1) is 6.92 Å². The van der Waals surface area contributed by atoms with E-state index in [1.54, 1.807) is 19.2 Å². The highest BCUT2D eigenvalue weighted by atomic mass is 32.2. The maximum absolute atomic E-state index is 10.7. The van der Waals surface area contributed by atoms with Crippen LogP contribution in [0.1, 0.15) is 5.82 Å². The number of hydrogen-bond donors (Lipinski definition) is 2. The zero-order valence-corrected chi connectivity index (χ0v) is 9.50. The van der Waals surface area contributed by atoms with Crippen molar-refractivity contribution in [1.82, 2.24) is 14.7 Å². The van der Waals surface area contributed by atoms with Crippen molar-refractivity contribution in [2.75, 3.05) is 24.7 Å². The first-order valence-electron chi connectivity index (χ1n) is 4.45. The molecule has 0 atom stereocenters. The Labute approximate surface area is 89.2 Å². The maximum Gasteiger partial charge on any atom is 0.208 e. The molecule has 0 fully saturated rings. The molecule has 1 aromatic rings. The first-order chi connectivity index (χ1) is 6.97. The molecule has 2 N–H and O–H groups in total. The van der Waals surface area contributed by atoms with Gasteiger partial charge in [-0.2, -0.15) is 0 Å². The van der Waals surface area contributed by atoms with Gasteiger partial charge < -0.3 is 5.32 Å². The molecule has 6 nitrogen and oxygen atoms in total. The summed E-state index contributed by atoms with van der Waals surface area (Å²) in [6.07, 6.45) is 2.77. The van der Waals surface area contributed by atoms with Gasteiger partial charge in [0.25, 0.3) is 0 Å². The molecular formula is C8H14N4O2S. The molecule has 0 aliphatic rings. The minimum Gasteiger partial charge on any atom is -0.369 e. The van der Waals surface area contributed by atoms with E-state index in [1.807, 2.05) is 0 Å². The molecule has 1 heterocycles. The van der Waals surface area contributed by atoms with Crippen molar-refractivity contribution in [3.63, 3.8) is 0 Å². The Hall–Kier alpha value is -1.21. The second-order valence-electron chi connectivity index (χ2n) is 3.08. The fourth-order valence-corrected chi connectivity index (χ4v) is 1.45. The summed E-state index contributed by atoms with van der Waals surface area (Å²) in [5.41, 5.74) is 0. The number of rotatable bonds is 5. The lowest BCUT2D eigenvalue weighted by Gasteiger charge is -2.05. The van der Waals surface area contributed by atoms with Gasteiger partial charge in [0, 0.05) is 19.3 Å². The molecule has 0 saturated heterocycles. The van der Waals surface area contributed by atoms with Crippen LogP contribution < -0.4 is 10.0 Å². The molecule has 0 spiro atoms. The van der Waals surface area contributed by atoms with Crippen LogP contribution in [0.15, 0.2) is 12.3 Å². The summed E-state index contributed by atoms with van der Waals surface area (Å²) in [7, 11) is -3.11. The van der Waals surface area contributed by atoms with E-state index in [0.29, 0.717) is 24.7 Å². The first-order valence-corrected chi connectivity index (χ1v) is 6.35. The highest BCUT2D eigenvalue weighted by Gasteiger charge is 1.99. The quantitative estimate of drug-likeness (QED) is 0.681. The summed E-state index contributed by atoms with van der Waals surface area (Å²) in [6.45, 7) is 2.62. The van der Waals surface area contributed by atoms with Crippen LogP contribution in [0.25, 0.3) is 0 Å². The minimum atomic E-state index is -3.11. The van der Waals surface area contributed by atoms with E-state index >= 15 is 0 Å². The highest BCUT2D eigenvalue weighted by Crippen LogP contribution is 1.99. The van der Waals surface area contributed by atoms with E-state index in [9.17, 15) is 8.42 Å². The molecule has 0 radical (unpaired) electrons. The van der Waals surface area contributed by atoms with Gasteiger partial charge in [0.05, 0.1) is 6.26 Å². The summed E-state index contributed by atoms with van der Waals surface area (Å²) < 4.78 is 23.8. The number of aromatic nitrogens is 2. The summed E-state index contributed by atoms with van der Waals surface area (Å²) in [6, 6.07) is 1.73. The summed E-state index contributed by atoms with van der Waals surface area (Å²) in [5, 5.41) is 2.98. The number of anilines is 1. The molecule has 15 heavy (non-hydrogen) atoms. The third-order valence-electron chi connectivity index (χ3n) is 1.57. The number of aryl methyl sites for hydroxylation is 1. The van der Waals surface area contributed by atoms with Crippen molar-refractivity contribution in [3.05, 3.63) is 18.1 Å². The second-order valence-corrected chi connectivity index (χ2v) is 4.92. The van der Waals surface area contributed by atoms with Gasteiger partial charge in [-0.25, -0.2) is 23.1 Å². The van der Waals surface area contributed by atoms with Gasteiger partial charge in [0.2, 0.25) is 10.0 Å². The molecule has 0 aromatic carbocycles. The highest BCUT2D eigenvalue weighted by molar-refractivity contribution is 7.88. The lowest BCUT2D eigenvalue weighted by molar-refractivity contribution is 0.589. The molecule has 0 aliphatic heterocycles. The van der Waals surface area contributed by atoms with Crippen molar-refractivity contribution in [1.29, 1.82) is 0 Å². The topological polar surface area (TPSA) is 84.0 Å². The first kappa shape index (κ1) is 11.9. The lowest BCUT2D eigenvalue weighted by Crippen LogP contribution is -2.27. The maximum atomic E-state index is 10.7. The summed E-state index contributed by atoms with van der Waals surface area (Å²) >= 11 is 0. The van der Waals surface area contributed by atoms with E-state index in [1.165, 1.54) is 0 Å². The van der Waals surface area contributed by atoms with E-state index in [-0.39, 0.29) is 0 Å². The van der Waals surface area contributed by atoms with Gasteiger partial charge in [-0.3, -0.25) is 0 Å². The molecule has 0 saturated carbocycles. The molecule has 84 valence electrons. The van der Waals surface area contributed by atoms with Crippen LogP contribution >= 0.6 is 0 Å². The number of sulfonamides is 1. The van der Waals surface area contributed by atoms with Crippen LogP contribution in [-0.4, -0.2) is 37.7 Å². The Morgan fingerprint density at radius 2 is 2.13 bits per heavy atom. The molecule has 7 heteroatoms. The molecule has 0 aliphatic carbocycles. The van der Waals surface area contributed by atoms with Crippen molar-refractivity contribution in [2.45, 2.75) is 6.92 Å².